The average Bonchev–Trinajstić information content (AvgIpc) is 3.00. The van der Waals surface area contributed by atoms with Crippen LogP contribution in [0.2, 0.25) is 0 Å². The summed E-state index contributed by atoms with van der Waals surface area (Å²) in [7, 11) is 0. The molecule has 0 aliphatic carbocycles. The number of nitrogens with zero attached hydrogens (tertiary/aromatic N) is 3. The summed E-state index contributed by atoms with van der Waals surface area (Å²) in [5, 5.41) is 0. The van der Waals surface area contributed by atoms with Crippen LogP contribution in [0.5, 0.6) is 5.75 Å². The molecule has 1 atom stereocenters. The Kier molecular flexibility index (Phi) is 3.63. The van der Waals surface area contributed by atoms with Gasteiger partial charge in [-0.3, -0.25) is 14.2 Å². The molecule has 25 heavy (non-hydrogen) atoms. The number of carbonyl (C=O) groups is 2. The van der Waals surface area contributed by atoms with Gasteiger partial charge in [-0.05, 0) is 18.2 Å². The molecule has 2 aliphatic rings. The number of likely N-dealkylation sites (tertiary alicyclic amines) is 1. The maximum atomic E-state index is 12.5. The third-order valence-electron chi connectivity index (χ3n) is 4.75. The van der Waals surface area contributed by atoms with E-state index in [9.17, 15) is 14.4 Å². The van der Waals surface area contributed by atoms with Crippen molar-refractivity contribution in [3.63, 3.8) is 0 Å². The van der Waals surface area contributed by atoms with Crippen molar-refractivity contribution in [1.82, 2.24) is 14.5 Å². The van der Waals surface area contributed by atoms with Crippen LogP contribution in [0.4, 0.5) is 0 Å². The number of benzene rings is 1. The molecule has 0 N–H and O–H groups in total. The van der Waals surface area contributed by atoms with Crippen molar-refractivity contribution in [2.45, 2.75) is 25.0 Å². The van der Waals surface area contributed by atoms with Crippen molar-refractivity contribution in [2.75, 3.05) is 13.1 Å². The predicted octanol–water partition coefficient (Wildman–Crippen LogP) is 0.880. The van der Waals surface area contributed by atoms with E-state index in [-0.39, 0.29) is 24.7 Å². The first kappa shape index (κ1) is 15.6. The number of ether oxygens (including phenoxy) is 1. The van der Waals surface area contributed by atoms with Crippen molar-refractivity contribution < 1.29 is 14.3 Å². The lowest BCUT2D eigenvalue weighted by atomic mass is 9.89. The van der Waals surface area contributed by atoms with Crippen LogP contribution in [0, 0.1) is 0 Å². The number of hydrogen-bond donors (Lipinski definition) is 0. The van der Waals surface area contributed by atoms with Gasteiger partial charge in [0.2, 0.25) is 5.91 Å². The van der Waals surface area contributed by atoms with Crippen molar-refractivity contribution in [1.29, 1.82) is 0 Å². The molecule has 2 aliphatic heterocycles. The summed E-state index contributed by atoms with van der Waals surface area (Å²) in [5.74, 6) is 0.443. The number of ketones is 1. The topological polar surface area (TPSA) is 81.5 Å². The highest BCUT2D eigenvalue weighted by molar-refractivity contribution is 6.00. The highest BCUT2D eigenvalue weighted by atomic mass is 16.5. The zero-order valence-electron chi connectivity index (χ0n) is 13.6. The average molecular weight is 339 g/mol. The molecule has 2 aromatic rings. The predicted molar refractivity (Wildman–Crippen MR) is 88.4 cm³/mol. The van der Waals surface area contributed by atoms with Crippen LogP contribution in [-0.2, 0) is 11.3 Å². The number of para-hydroxylation sites is 1. The van der Waals surface area contributed by atoms with Gasteiger partial charge in [-0.2, -0.15) is 0 Å². The fourth-order valence-electron chi connectivity index (χ4n) is 3.48. The van der Waals surface area contributed by atoms with Crippen LogP contribution >= 0.6 is 0 Å². The van der Waals surface area contributed by atoms with Gasteiger partial charge in [0, 0.05) is 25.4 Å². The Morgan fingerprint density at radius 1 is 1.24 bits per heavy atom. The van der Waals surface area contributed by atoms with Crippen molar-refractivity contribution in [2.24, 2.45) is 0 Å². The molecular formula is C18H17N3O4. The molecule has 7 heteroatoms. The SMILES string of the molecule is O=C1C[C@]2(CCN(C(=O)Cn3cccnc3=O)C2)Oc2ccccc21. The quantitative estimate of drug-likeness (QED) is 0.811. The molecule has 1 spiro atoms. The number of aromatic nitrogens is 2. The van der Waals surface area contributed by atoms with Crippen molar-refractivity contribution in [3.05, 3.63) is 58.8 Å². The molecule has 0 radical (unpaired) electrons. The molecule has 1 fully saturated rings. The van der Waals surface area contributed by atoms with Gasteiger partial charge < -0.3 is 9.64 Å². The zero-order chi connectivity index (χ0) is 17.4. The molecule has 3 heterocycles. The summed E-state index contributed by atoms with van der Waals surface area (Å²) < 4.78 is 7.38. The molecule has 128 valence electrons. The Bertz CT molecular complexity index is 907. The van der Waals surface area contributed by atoms with Crippen molar-refractivity contribution in [3.8, 4) is 5.75 Å². The van der Waals surface area contributed by atoms with Gasteiger partial charge in [-0.25, -0.2) is 9.78 Å². The summed E-state index contributed by atoms with van der Waals surface area (Å²) in [5.41, 5.74) is -0.524. The largest absolute Gasteiger partial charge is 0.484 e. The second kappa shape index (κ2) is 5.84. The summed E-state index contributed by atoms with van der Waals surface area (Å²) in [6.07, 6.45) is 3.80. The van der Waals surface area contributed by atoms with Crippen LogP contribution in [0.1, 0.15) is 23.2 Å². The fraction of sp³-hybridized carbons (Fsp3) is 0.333. The molecule has 4 rings (SSSR count). The first-order valence-corrected chi connectivity index (χ1v) is 8.17. The van der Waals surface area contributed by atoms with Gasteiger partial charge in [0.15, 0.2) is 5.78 Å². The van der Waals surface area contributed by atoms with E-state index >= 15 is 0 Å². The molecule has 7 nitrogen and oxygen atoms in total. The summed E-state index contributed by atoms with van der Waals surface area (Å²) in [4.78, 5) is 41.9. The molecular weight excluding hydrogens is 322 g/mol. The van der Waals surface area contributed by atoms with Gasteiger partial charge in [-0.15, -0.1) is 0 Å². The Labute approximate surface area is 143 Å². The molecule has 0 unspecified atom stereocenters. The third-order valence-corrected chi connectivity index (χ3v) is 4.75. The highest BCUT2D eigenvalue weighted by Gasteiger charge is 2.46. The van der Waals surface area contributed by atoms with Gasteiger partial charge >= 0.3 is 5.69 Å². The van der Waals surface area contributed by atoms with E-state index in [4.69, 9.17) is 4.74 Å². The Morgan fingerprint density at radius 2 is 2.08 bits per heavy atom. The number of carbonyl (C=O) groups excluding carboxylic acids is 2. The van der Waals surface area contributed by atoms with Crippen LogP contribution in [-0.4, -0.2) is 44.8 Å². The molecule has 1 aromatic carbocycles. The maximum Gasteiger partial charge on any atom is 0.347 e. The summed E-state index contributed by atoms with van der Waals surface area (Å²) in [6.45, 7) is 0.789. The van der Waals surface area contributed by atoms with E-state index in [1.165, 1.54) is 17.0 Å². The highest BCUT2D eigenvalue weighted by Crippen LogP contribution is 2.38. The first-order chi connectivity index (χ1) is 12.1. The fourth-order valence-corrected chi connectivity index (χ4v) is 3.48. The van der Waals surface area contributed by atoms with Crippen LogP contribution < -0.4 is 10.4 Å². The number of amides is 1. The van der Waals surface area contributed by atoms with E-state index in [1.807, 2.05) is 12.1 Å². The summed E-state index contributed by atoms with van der Waals surface area (Å²) in [6, 6.07) is 8.80. The first-order valence-electron chi connectivity index (χ1n) is 8.17. The van der Waals surface area contributed by atoms with Crippen molar-refractivity contribution >= 4 is 11.7 Å². The van der Waals surface area contributed by atoms with E-state index in [1.54, 1.807) is 23.1 Å². The standard InChI is InChI=1S/C18H17N3O4/c22-14-10-18(25-15-5-2-1-4-13(14)15)6-9-21(12-18)16(23)11-20-8-3-7-19-17(20)24/h1-5,7-8H,6,9-12H2/t18-/m0/s1. The molecule has 1 amide bonds. The number of fused-ring (bicyclic) bond motifs is 1. The minimum absolute atomic E-state index is 0.0413. The molecule has 0 bridgehead atoms. The minimum Gasteiger partial charge on any atom is -0.484 e. The Balaban J connectivity index is 1.50. The Hall–Kier alpha value is -2.96. The lowest BCUT2D eigenvalue weighted by Crippen LogP contribution is -2.46. The van der Waals surface area contributed by atoms with Gasteiger partial charge in [0.1, 0.15) is 17.9 Å². The second-order valence-electron chi connectivity index (χ2n) is 6.48. The lowest BCUT2D eigenvalue weighted by molar-refractivity contribution is -0.131. The van der Waals surface area contributed by atoms with Gasteiger partial charge in [-0.1, -0.05) is 12.1 Å². The monoisotopic (exact) mass is 339 g/mol. The minimum atomic E-state index is -0.666. The normalized spacial score (nSPS) is 21.9. The number of rotatable bonds is 2. The number of hydrogen-bond acceptors (Lipinski definition) is 5. The van der Waals surface area contributed by atoms with E-state index in [2.05, 4.69) is 4.98 Å². The Morgan fingerprint density at radius 3 is 2.92 bits per heavy atom. The molecule has 0 saturated carbocycles. The smallest absolute Gasteiger partial charge is 0.347 e. The molecule has 1 saturated heterocycles. The zero-order valence-corrected chi connectivity index (χ0v) is 13.6. The van der Waals surface area contributed by atoms with Gasteiger partial charge in [0.05, 0.1) is 18.5 Å². The summed E-state index contributed by atoms with van der Waals surface area (Å²) >= 11 is 0. The number of Topliss-reactive ketones (excluding diaryl/α,β-unsaturated/α-hetero) is 1. The van der Waals surface area contributed by atoms with Crippen LogP contribution in [0.25, 0.3) is 0 Å². The van der Waals surface area contributed by atoms with Crippen LogP contribution in [0.3, 0.4) is 0 Å². The van der Waals surface area contributed by atoms with E-state index < -0.39 is 11.3 Å². The third kappa shape index (κ3) is 2.82. The second-order valence-corrected chi connectivity index (χ2v) is 6.48. The van der Waals surface area contributed by atoms with E-state index in [0.29, 0.717) is 30.8 Å². The molecule has 1 aromatic heterocycles. The maximum absolute atomic E-state index is 12.5. The lowest BCUT2D eigenvalue weighted by Gasteiger charge is -2.34. The van der Waals surface area contributed by atoms with E-state index in [0.717, 1.165) is 0 Å². The van der Waals surface area contributed by atoms with Gasteiger partial charge in [0.25, 0.3) is 0 Å². The van der Waals surface area contributed by atoms with Crippen LogP contribution in [0.15, 0.2) is 47.5 Å².